The maximum atomic E-state index is 11.6. The number of rotatable bonds is 12. The maximum Gasteiger partial charge on any atom is 0.490 e. The number of benzene rings is 3. The summed E-state index contributed by atoms with van der Waals surface area (Å²) in [7, 11) is -3.15. The predicted octanol–water partition coefficient (Wildman–Crippen LogP) is 5.87. The first-order chi connectivity index (χ1) is 22.9. The molecule has 48 heavy (non-hydrogen) atoms. The van der Waals surface area contributed by atoms with Crippen LogP contribution in [0.15, 0.2) is 102 Å². The van der Waals surface area contributed by atoms with Gasteiger partial charge < -0.3 is 15.7 Å². The smallest absolute Gasteiger partial charge is 0.475 e. The van der Waals surface area contributed by atoms with Crippen molar-refractivity contribution in [2.45, 2.75) is 56.0 Å². The highest BCUT2D eigenvalue weighted by atomic mass is 32.2. The fourth-order valence-electron chi connectivity index (χ4n) is 5.26. The fourth-order valence-corrected chi connectivity index (χ4v) is 5.89. The molecule has 4 aromatic rings. The van der Waals surface area contributed by atoms with Gasteiger partial charge in [-0.1, -0.05) is 72.8 Å². The Morgan fingerprint density at radius 2 is 1.46 bits per heavy atom. The highest BCUT2D eigenvalue weighted by Gasteiger charge is 2.38. The van der Waals surface area contributed by atoms with E-state index in [0.717, 1.165) is 68.1 Å². The number of piperidine rings is 1. The maximum absolute atomic E-state index is 11.6. The van der Waals surface area contributed by atoms with Gasteiger partial charge in [0.2, 0.25) is 0 Å². The molecule has 0 atom stereocenters. The summed E-state index contributed by atoms with van der Waals surface area (Å²) in [4.78, 5) is 16.5. The molecule has 0 spiro atoms. The fraction of sp³-hybridized carbons (Fsp3) is 0.333. The van der Waals surface area contributed by atoms with Gasteiger partial charge in [0.15, 0.2) is 9.84 Å². The van der Waals surface area contributed by atoms with E-state index in [1.807, 2.05) is 18.3 Å². The largest absolute Gasteiger partial charge is 0.490 e. The molecule has 1 aromatic heterocycles. The summed E-state index contributed by atoms with van der Waals surface area (Å²) in [5.41, 5.74) is 7.04. The number of halogens is 3. The Hall–Kier alpha value is -4.10. The van der Waals surface area contributed by atoms with Crippen LogP contribution in [0.25, 0.3) is 11.3 Å². The van der Waals surface area contributed by atoms with Crippen molar-refractivity contribution >= 4 is 15.8 Å². The van der Waals surface area contributed by atoms with E-state index in [9.17, 15) is 21.6 Å². The molecule has 3 N–H and O–H groups in total. The summed E-state index contributed by atoms with van der Waals surface area (Å²) in [6, 6.07) is 31.4. The van der Waals surface area contributed by atoms with Gasteiger partial charge in [0, 0.05) is 43.7 Å². The number of nitrogens with zero attached hydrogens (tertiary/aromatic N) is 2. The lowest BCUT2D eigenvalue weighted by Gasteiger charge is -2.32. The van der Waals surface area contributed by atoms with Crippen LogP contribution in [0.5, 0.6) is 0 Å². The second-order valence-electron chi connectivity index (χ2n) is 11.8. The molecule has 12 heteroatoms. The Bertz CT molecular complexity index is 1680. The molecule has 0 saturated carbocycles. The highest BCUT2D eigenvalue weighted by molar-refractivity contribution is 7.90. The normalized spacial score (nSPS) is 14.2. The van der Waals surface area contributed by atoms with Gasteiger partial charge in [-0.25, -0.2) is 13.2 Å². The molecule has 0 radical (unpaired) electrons. The monoisotopic (exact) mass is 682 g/mol. The molecule has 8 nitrogen and oxygen atoms in total. The third kappa shape index (κ3) is 12.2. The van der Waals surface area contributed by atoms with Gasteiger partial charge in [-0.15, -0.1) is 0 Å². The van der Waals surface area contributed by atoms with E-state index in [2.05, 4.69) is 87.2 Å². The lowest BCUT2D eigenvalue weighted by atomic mass is 10.0. The lowest BCUT2D eigenvalue weighted by molar-refractivity contribution is -0.192. The topological polar surface area (TPSA) is 112 Å². The van der Waals surface area contributed by atoms with Crippen molar-refractivity contribution in [2.75, 3.05) is 25.9 Å². The summed E-state index contributed by atoms with van der Waals surface area (Å²) in [5.74, 6) is -2.76. The van der Waals surface area contributed by atoms with E-state index in [-0.39, 0.29) is 0 Å². The van der Waals surface area contributed by atoms with Crippen molar-refractivity contribution in [3.8, 4) is 11.3 Å². The molecule has 1 aliphatic heterocycles. The van der Waals surface area contributed by atoms with Gasteiger partial charge >= 0.3 is 12.1 Å². The number of hydrogen-bond donors (Lipinski definition) is 3. The molecular formula is C36H41F3N4O4S. The average molecular weight is 683 g/mol. The van der Waals surface area contributed by atoms with E-state index in [0.29, 0.717) is 10.9 Å². The van der Waals surface area contributed by atoms with Gasteiger partial charge in [-0.3, -0.25) is 9.88 Å². The third-order valence-electron chi connectivity index (χ3n) is 8.02. The molecule has 0 aliphatic carbocycles. The number of aliphatic carboxylic acids is 1. The van der Waals surface area contributed by atoms with Crippen molar-refractivity contribution < 1.29 is 31.5 Å². The van der Waals surface area contributed by atoms with E-state index < -0.39 is 22.0 Å². The highest BCUT2D eigenvalue weighted by Crippen LogP contribution is 2.19. The van der Waals surface area contributed by atoms with E-state index >= 15 is 0 Å². The molecule has 0 amide bonds. The molecule has 0 unspecified atom stereocenters. The van der Waals surface area contributed by atoms with E-state index in [1.165, 1.54) is 30.2 Å². The van der Waals surface area contributed by atoms with Crippen molar-refractivity contribution in [3.05, 3.63) is 119 Å². The summed E-state index contributed by atoms with van der Waals surface area (Å²) in [5, 5.41) is 14.3. The number of hydrogen-bond acceptors (Lipinski definition) is 7. The van der Waals surface area contributed by atoms with E-state index in [4.69, 9.17) is 9.90 Å². The van der Waals surface area contributed by atoms with Crippen LogP contribution in [0, 0.1) is 0 Å². The summed E-state index contributed by atoms with van der Waals surface area (Å²) in [6.07, 6.45) is 1.30. The first kappa shape index (κ1) is 36.7. The zero-order valence-corrected chi connectivity index (χ0v) is 27.6. The van der Waals surface area contributed by atoms with Gasteiger partial charge in [-0.2, -0.15) is 13.2 Å². The Morgan fingerprint density at radius 3 is 2.02 bits per heavy atom. The van der Waals surface area contributed by atoms with E-state index in [1.54, 1.807) is 12.1 Å². The number of pyridine rings is 1. The minimum absolute atomic E-state index is 0.359. The zero-order chi connectivity index (χ0) is 34.6. The van der Waals surface area contributed by atoms with Gasteiger partial charge in [-0.05, 0) is 79.3 Å². The molecule has 1 fully saturated rings. The number of alkyl halides is 3. The number of carboxylic acid groups (broad SMARTS) is 1. The van der Waals surface area contributed by atoms with Crippen LogP contribution in [0.2, 0.25) is 0 Å². The number of aromatic nitrogens is 1. The average Bonchev–Trinajstić information content (AvgIpc) is 3.07. The lowest BCUT2D eigenvalue weighted by Crippen LogP contribution is -2.41. The summed E-state index contributed by atoms with van der Waals surface area (Å²) in [6.45, 7) is 5.77. The number of likely N-dealkylation sites (tertiary alicyclic amines) is 1. The molecule has 1 aliphatic rings. The zero-order valence-electron chi connectivity index (χ0n) is 26.8. The van der Waals surface area contributed by atoms with Crippen LogP contribution in [0.3, 0.4) is 0 Å². The van der Waals surface area contributed by atoms with Crippen molar-refractivity contribution in [2.24, 2.45) is 0 Å². The third-order valence-corrected chi connectivity index (χ3v) is 9.15. The first-order valence-corrected chi connectivity index (χ1v) is 17.6. The van der Waals surface area contributed by atoms with Crippen LogP contribution in [0.1, 0.15) is 35.1 Å². The summed E-state index contributed by atoms with van der Waals surface area (Å²) < 4.78 is 54.9. The molecule has 5 rings (SSSR count). The number of carboxylic acids is 1. The minimum atomic E-state index is -5.08. The number of carbonyl (C=O) groups is 1. The molecular weight excluding hydrogens is 641 g/mol. The second kappa shape index (κ2) is 17.3. The Morgan fingerprint density at radius 1 is 0.854 bits per heavy atom. The van der Waals surface area contributed by atoms with Gasteiger partial charge in [0.1, 0.15) is 0 Å². The predicted molar refractivity (Wildman–Crippen MR) is 180 cm³/mol. The van der Waals surface area contributed by atoms with Crippen LogP contribution in [-0.2, 0) is 40.7 Å². The molecule has 0 bridgehead atoms. The van der Waals surface area contributed by atoms with Crippen molar-refractivity contribution in [3.63, 3.8) is 0 Å². The Kier molecular flexibility index (Phi) is 13.3. The van der Waals surface area contributed by atoms with Crippen LogP contribution in [-0.4, -0.2) is 67.5 Å². The quantitative estimate of drug-likeness (QED) is 0.159. The Balaban J connectivity index is 0.000000671. The SMILES string of the molecule is CS(=O)(=O)c1ccc(CCNCc2ccc(-c3ccc(CNC4CCN(Cc5ccccc5)CC4)cc3)nc2)cc1.O=C(O)C(F)(F)F. The van der Waals surface area contributed by atoms with Gasteiger partial charge in [0.05, 0.1) is 10.6 Å². The molecule has 1 saturated heterocycles. The molecule has 256 valence electrons. The second-order valence-corrected chi connectivity index (χ2v) is 13.8. The van der Waals surface area contributed by atoms with Crippen LogP contribution < -0.4 is 10.6 Å². The van der Waals surface area contributed by atoms with Crippen molar-refractivity contribution in [1.29, 1.82) is 0 Å². The van der Waals surface area contributed by atoms with Crippen molar-refractivity contribution in [1.82, 2.24) is 20.5 Å². The first-order valence-electron chi connectivity index (χ1n) is 15.7. The number of nitrogens with one attached hydrogen (secondary N) is 2. The summed E-state index contributed by atoms with van der Waals surface area (Å²) >= 11 is 0. The molecule has 2 heterocycles. The molecule has 3 aromatic carbocycles. The minimum Gasteiger partial charge on any atom is -0.475 e. The number of sulfone groups is 1. The van der Waals surface area contributed by atoms with Crippen LogP contribution >= 0.6 is 0 Å². The van der Waals surface area contributed by atoms with Crippen LogP contribution in [0.4, 0.5) is 13.2 Å². The standard InChI is InChI=1S/C34H40N4O2S.C2HF3O2/c1-41(39,40)33-14-9-27(10-15-33)17-20-35-23-30-11-16-34(37-25-30)31-12-7-28(8-13-31)24-36-32-18-21-38(22-19-32)26-29-5-3-2-4-6-29;3-2(4,5)1(6)7/h2-16,25,32,35-36H,17-24,26H2,1H3;(H,6,7). The Labute approximate surface area is 280 Å². The van der Waals surface area contributed by atoms with Gasteiger partial charge in [0.25, 0.3) is 0 Å².